The molecule has 2 heterocycles. The Balaban J connectivity index is 1.56. The Kier molecular flexibility index (Phi) is 2.82. The van der Waals surface area contributed by atoms with E-state index in [0.29, 0.717) is 0 Å². The second kappa shape index (κ2) is 4.94. The summed E-state index contributed by atoms with van der Waals surface area (Å²) in [6, 6.07) is 18.9. The highest BCUT2D eigenvalue weighted by Crippen LogP contribution is 2.19. The Morgan fingerprint density at radius 3 is 2.95 bits per heavy atom. The molecular weight excluding hydrogens is 258 g/mol. The Labute approximate surface area is 122 Å². The van der Waals surface area contributed by atoms with Gasteiger partial charge in [0.05, 0.1) is 5.52 Å². The molecule has 102 valence electrons. The van der Waals surface area contributed by atoms with Gasteiger partial charge in [-0.05, 0) is 53.4 Å². The third-order valence-electron chi connectivity index (χ3n) is 3.72. The van der Waals surface area contributed by atoms with Crippen molar-refractivity contribution in [2.45, 2.75) is 6.54 Å². The molecule has 0 saturated heterocycles. The Morgan fingerprint density at radius 1 is 0.952 bits per heavy atom. The van der Waals surface area contributed by atoms with Crippen LogP contribution in [0.15, 0.2) is 67.0 Å². The minimum Gasteiger partial charge on any atom is -0.381 e. The number of benzene rings is 2. The maximum atomic E-state index is 4.34. The molecule has 0 amide bonds. The van der Waals surface area contributed by atoms with Crippen molar-refractivity contribution in [2.75, 3.05) is 5.32 Å². The van der Waals surface area contributed by atoms with E-state index in [0.717, 1.165) is 23.1 Å². The lowest BCUT2D eigenvalue weighted by Crippen LogP contribution is -1.99. The molecule has 0 saturated carbocycles. The number of hydrogen-bond donors (Lipinski definition) is 2. The van der Waals surface area contributed by atoms with E-state index in [2.05, 4.69) is 57.7 Å². The van der Waals surface area contributed by atoms with Gasteiger partial charge in [-0.2, -0.15) is 0 Å². The average molecular weight is 273 g/mol. The predicted molar refractivity (Wildman–Crippen MR) is 87.4 cm³/mol. The average Bonchev–Trinajstić information content (AvgIpc) is 3.00. The maximum absolute atomic E-state index is 4.34. The van der Waals surface area contributed by atoms with E-state index in [4.69, 9.17) is 0 Å². The number of rotatable bonds is 3. The second-order valence-corrected chi connectivity index (χ2v) is 5.16. The molecule has 21 heavy (non-hydrogen) atoms. The first-order valence-corrected chi connectivity index (χ1v) is 7.03. The van der Waals surface area contributed by atoms with E-state index >= 15 is 0 Å². The Bertz CT molecular complexity index is 908. The van der Waals surface area contributed by atoms with Crippen LogP contribution in [0.2, 0.25) is 0 Å². The molecule has 0 aliphatic rings. The van der Waals surface area contributed by atoms with Gasteiger partial charge in [-0.25, -0.2) is 0 Å². The van der Waals surface area contributed by atoms with Crippen molar-refractivity contribution < 1.29 is 0 Å². The molecule has 0 spiro atoms. The molecule has 0 atom stereocenters. The number of aromatic amines is 1. The van der Waals surface area contributed by atoms with Crippen LogP contribution in [-0.4, -0.2) is 9.97 Å². The molecule has 2 N–H and O–H groups in total. The fraction of sp³-hybridized carbons (Fsp3) is 0.0556. The van der Waals surface area contributed by atoms with Gasteiger partial charge >= 0.3 is 0 Å². The molecule has 0 aliphatic heterocycles. The van der Waals surface area contributed by atoms with Crippen molar-refractivity contribution in [3.63, 3.8) is 0 Å². The molecule has 3 nitrogen and oxygen atoms in total. The zero-order valence-corrected chi connectivity index (χ0v) is 11.5. The van der Waals surface area contributed by atoms with Crippen molar-refractivity contribution >= 4 is 27.5 Å². The lowest BCUT2D eigenvalue weighted by molar-refractivity contribution is 1.16. The highest BCUT2D eigenvalue weighted by atomic mass is 14.9. The Hall–Kier alpha value is -2.81. The largest absolute Gasteiger partial charge is 0.381 e. The molecule has 4 aromatic rings. The first kappa shape index (κ1) is 12.0. The summed E-state index contributed by atoms with van der Waals surface area (Å²) in [5.41, 5.74) is 4.59. The molecule has 4 rings (SSSR count). The molecule has 0 fully saturated rings. The molecule has 0 radical (unpaired) electrons. The number of H-pyrrole nitrogens is 1. The molecular formula is C18H15N3. The monoisotopic (exact) mass is 273 g/mol. The van der Waals surface area contributed by atoms with Gasteiger partial charge in [0, 0.05) is 35.5 Å². The highest BCUT2D eigenvalue weighted by molar-refractivity contribution is 5.82. The van der Waals surface area contributed by atoms with E-state index in [-0.39, 0.29) is 0 Å². The number of nitrogens with zero attached hydrogens (tertiary/aromatic N) is 1. The van der Waals surface area contributed by atoms with Gasteiger partial charge in [-0.3, -0.25) is 4.98 Å². The van der Waals surface area contributed by atoms with Gasteiger partial charge in [0.1, 0.15) is 0 Å². The van der Waals surface area contributed by atoms with E-state index < -0.39 is 0 Å². The number of nitrogens with one attached hydrogen (secondary N) is 2. The quantitative estimate of drug-likeness (QED) is 0.583. The lowest BCUT2D eigenvalue weighted by Gasteiger charge is -2.08. The number of pyridine rings is 1. The summed E-state index contributed by atoms with van der Waals surface area (Å²) < 4.78 is 0. The summed E-state index contributed by atoms with van der Waals surface area (Å²) in [5.74, 6) is 0. The van der Waals surface area contributed by atoms with E-state index in [1.165, 1.54) is 16.5 Å². The number of hydrogen-bond acceptors (Lipinski definition) is 2. The van der Waals surface area contributed by atoms with Crippen molar-refractivity contribution in [2.24, 2.45) is 0 Å². The van der Waals surface area contributed by atoms with Crippen LogP contribution in [0.25, 0.3) is 21.8 Å². The highest BCUT2D eigenvalue weighted by Gasteiger charge is 1.99. The first-order chi connectivity index (χ1) is 10.4. The number of fused-ring (bicyclic) bond motifs is 2. The van der Waals surface area contributed by atoms with Crippen molar-refractivity contribution in [1.29, 1.82) is 0 Å². The smallest absolute Gasteiger partial charge is 0.0703 e. The van der Waals surface area contributed by atoms with Crippen molar-refractivity contribution in [3.05, 3.63) is 72.6 Å². The van der Waals surface area contributed by atoms with Gasteiger partial charge in [0.15, 0.2) is 0 Å². The van der Waals surface area contributed by atoms with Gasteiger partial charge in [0.2, 0.25) is 0 Å². The van der Waals surface area contributed by atoms with Crippen molar-refractivity contribution in [3.8, 4) is 0 Å². The zero-order chi connectivity index (χ0) is 14.1. The fourth-order valence-corrected chi connectivity index (χ4v) is 2.60. The number of anilines is 1. The van der Waals surface area contributed by atoms with Crippen LogP contribution < -0.4 is 5.32 Å². The summed E-state index contributed by atoms with van der Waals surface area (Å²) in [5, 5.41) is 5.88. The van der Waals surface area contributed by atoms with E-state index in [1.807, 2.05) is 24.5 Å². The van der Waals surface area contributed by atoms with Crippen LogP contribution in [0.4, 0.5) is 5.69 Å². The topological polar surface area (TPSA) is 40.7 Å². The number of aromatic nitrogens is 2. The maximum Gasteiger partial charge on any atom is 0.0703 e. The third-order valence-corrected chi connectivity index (χ3v) is 3.72. The van der Waals surface area contributed by atoms with Crippen LogP contribution in [-0.2, 0) is 6.54 Å². The van der Waals surface area contributed by atoms with Crippen LogP contribution in [0.3, 0.4) is 0 Å². The summed E-state index contributed by atoms with van der Waals surface area (Å²) >= 11 is 0. The third kappa shape index (κ3) is 2.34. The van der Waals surface area contributed by atoms with E-state index in [1.54, 1.807) is 0 Å². The van der Waals surface area contributed by atoms with Gasteiger partial charge in [-0.1, -0.05) is 12.1 Å². The van der Waals surface area contributed by atoms with Crippen LogP contribution in [0.1, 0.15) is 5.56 Å². The molecule has 2 aromatic heterocycles. The molecule has 0 aliphatic carbocycles. The normalized spacial score (nSPS) is 11.0. The Morgan fingerprint density at radius 2 is 1.95 bits per heavy atom. The zero-order valence-electron chi connectivity index (χ0n) is 11.5. The van der Waals surface area contributed by atoms with Crippen molar-refractivity contribution in [1.82, 2.24) is 9.97 Å². The van der Waals surface area contributed by atoms with Crippen LogP contribution in [0, 0.1) is 0 Å². The standard InChI is InChI=1S/C18H15N3/c1-2-14-11-16(4-6-18(14)19-8-1)21-12-13-3-5-17-15(10-13)7-9-20-17/h1-11,20-21H,12H2. The summed E-state index contributed by atoms with van der Waals surface area (Å²) in [6.07, 6.45) is 3.79. The molecule has 3 heteroatoms. The lowest BCUT2D eigenvalue weighted by atomic mass is 10.1. The molecule has 2 aromatic carbocycles. The predicted octanol–water partition coefficient (Wildman–Crippen LogP) is 4.33. The molecule has 0 unspecified atom stereocenters. The van der Waals surface area contributed by atoms with Gasteiger partial charge in [0.25, 0.3) is 0 Å². The minimum atomic E-state index is 0.812. The summed E-state index contributed by atoms with van der Waals surface area (Å²) in [7, 11) is 0. The fourth-order valence-electron chi connectivity index (χ4n) is 2.60. The van der Waals surface area contributed by atoms with Crippen LogP contribution >= 0.6 is 0 Å². The summed E-state index contributed by atoms with van der Waals surface area (Å²) in [4.78, 5) is 7.55. The van der Waals surface area contributed by atoms with Gasteiger partial charge < -0.3 is 10.3 Å². The second-order valence-electron chi connectivity index (χ2n) is 5.16. The SMILES string of the molecule is c1cnc2ccc(NCc3ccc4[nH]ccc4c3)cc2c1. The first-order valence-electron chi connectivity index (χ1n) is 7.03. The van der Waals surface area contributed by atoms with E-state index in [9.17, 15) is 0 Å². The van der Waals surface area contributed by atoms with Crippen LogP contribution in [0.5, 0.6) is 0 Å². The summed E-state index contributed by atoms with van der Waals surface area (Å²) in [6.45, 7) is 0.812. The minimum absolute atomic E-state index is 0.812. The van der Waals surface area contributed by atoms with Gasteiger partial charge in [-0.15, -0.1) is 0 Å². The molecule has 0 bridgehead atoms.